The highest BCUT2D eigenvalue weighted by molar-refractivity contribution is 5.82. The molecule has 2 saturated heterocycles. The van der Waals surface area contributed by atoms with E-state index in [1.165, 1.54) is 12.8 Å². The molecule has 1 amide bonds. The van der Waals surface area contributed by atoms with Gasteiger partial charge in [0.05, 0.1) is 12.0 Å². The fourth-order valence-corrected chi connectivity index (χ4v) is 3.79. The van der Waals surface area contributed by atoms with Crippen LogP contribution in [0.5, 0.6) is 0 Å². The predicted octanol–water partition coefficient (Wildman–Crippen LogP) is 1.01. The molecule has 0 radical (unpaired) electrons. The molecule has 3 atom stereocenters. The molecule has 2 aliphatic heterocycles. The van der Waals surface area contributed by atoms with E-state index in [0.717, 1.165) is 45.3 Å². The summed E-state index contributed by atoms with van der Waals surface area (Å²) in [5.41, 5.74) is -0.389. The summed E-state index contributed by atoms with van der Waals surface area (Å²) in [6.07, 6.45) is 6.47. The van der Waals surface area contributed by atoms with E-state index in [0.29, 0.717) is 12.1 Å². The Hall–Kier alpha value is -1.12. The van der Waals surface area contributed by atoms with Crippen molar-refractivity contribution in [3.8, 4) is 6.07 Å². The van der Waals surface area contributed by atoms with E-state index in [-0.39, 0.29) is 17.4 Å². The Bertz CT molecular complexity index is 442. The number of hydrogen-bond donors (Lipinski definition) is 2. The van der Waals surface area contributed by atoms with Crippen molar-refractivity contribution in [2.75, 3.05) is 19.6 Å². The molecular formula is C16H26N4O. The van der Waals surface area contributed by atoms with Crippen LogP contribution in [0.4, 0.5) is 0 Å². The summed E-state index contributed by atoms with van der Waals surface area (Å²) < 4.78 is 0. The molecule has 3 aliphatic rings. The third-order valence-corrected chi connectivity index (χ3v) is 5.19. The van der Waals surface area contributed by atoms with Crippen LogP contribution in [0, 0.1) is 17.2 Å². The van der Waals surface area contributed by atoms with Gasteiger partial charge >= 0.3 is 0 Å². The second-order valence-corrected chi connectivity index (χ2v) is 7.06. The SMILES string of the molecule is CC(C#N)(CCCN1CCCC2C(=O)NCC21)NC1CC1. The van der Waals surface area contributed by atoms with Crippen LogP contribution in [0.3, 0.4) is 0 Å². The Kier molecular flexibility index (Phi) is 4.19. The molecule has 21 heavy (non-hydrogen) atoms. The molecule has 116 valence electrons. The average molecular weight is 290 g/mol. The Morgan fingerprint density at radius 2 is 2.29 bits per heavy atom. The number of hydrogen-bond acceptors (Lipinski definition) is 4. The van der Waals surface area contributed by atoms with E-state index < -0.39 is 0 Å². The van der Waals surface area contributed by atoms with E-state index in [1.807, 2.05) is 6.92 Å². The van der Waals surface area contributed by atoms with Crippen LogP contribution in [0.15, 0.2) is 0 Å². The predicted molar refractivity (Wildman–Crippen MR) is 80.5 cm³/mol. The van der Waals surface area contributed by atoms with Crippen molar-refractivity contribution in [1.29, 1.82) is 5.26 Å². The van der Waals surface area contributed by atoms with Crippen molar-refractivity contribution < 1.29 is 4.79 Å². The Morgan fingerprint density at radius 3 is 3.00 bits per heavy atom. The van der Waals surface area contributed by atoms with Gasteiger partial charge in [-0.2, -0.15) is 5.26 Å². The number of carbonyl (C=O) groups is 1. The van der Waals surface area contributed by atoms with Gasteiger partial charge in [-0.15, -0.1) is 0 Å². The fourth-order valence-electron chi connectivity index (χ4n) is 3.79. The monoisotopic (exact) mass is 290 g/mol. The molecule has 5 heteroatoms. The Balaban J connectivity index is 1.48. The fraction of sp³-hybridized carbons (Fsp3) is 0.875. The zero-order valence-electron chi connectivity index (χ0n) is 12.9. The molecule has 0 aromatic rings. The lowest BCUT2D eigenvalue weighted by molar-refractivity contribution is -0.124. The van der Waals surface area contributed by atoms with Crippen LogP contribution in [-0.2, 0) is 4.79 Å². The highest BCUT2D eigenvalue weighted by atomic mass is 16.2. The maximum Gasteiger partial charge on any atom is 0.224 e. The van der Waals surface area contributed by atoms with Crippen LogP contribution >= 0.6 is 0 Å². The summed E-state index contributed by atoms with van der Waals surface area (Å²) in [5, 5.41) is 15.9. The minimum Gasteiger partial charge on any atom is -0.354 e. The molecule has 3 rings (SSSR count). The normalized spacial score (nSPS) is 32.1. The largest absolute Gasteiger partial charge is 0.354 e. The summed E-state index contributed by atoms with van der Waals surface area (Å²) in [4.78, 5) is 14.2. The minimum atomic E-state index is -0.389. The van der Waals surface area contributed by atoms with E-state index in [9.17, 15) is 10.1 Å². The van der Waals surface area contributed by atoms with Crippen LogP contribution in [0.25, 0.3) is 0 Å². The molecule has 0 spiro atoms. The molecule has 3 unspecified atom stereocenters. The van der Waals surface area contributed by atoms with Gasteiger partial charge in [-0.1, -0.05) is 0 Å². The number of amides is 1. The maximum atomic E-state index is 11.8. The van der Waals surface area contributed by atoms with Crippen LogP contribution in [-0.4, -0.2) is 48.1 Å². The molecule has 1 saturated carbocycles. The summed E-state index contributed by atoms with van der Waals surface area (Å²) in [6, 6.07) is 3.39. The molecule has 3 fully saturated rings. The zero-order chi connectivity index (χ0) is 14.9. The molecule has 1 aliphatic carbocycles. The van der Waals surface area contributed by atoms with Gasteiger partial charge in [-0.3, -0.25) is 15.0 Å². The second-order valence-electron chi connectivity index (χ2n) is 7.06. The first-order valence-corrected chi connectivity index (χ1v) is 8.32. The molecule has 2 heterocycles. The molecule has 0 aromatic carbocycles. The van der Waals surface area contributed by atoms with Crippen molar-refractivity contribution in [2.24, 2.45) is 5.92 Å². The number of piperidine rings is 1. The van der Waals surface area contributed by atoms with Crippen molar-refractivity contribution in [3.05, 3.63) is 0 Å². The van der Waals surface area contributed by atoms with Gasteiger partial charge in [0.1, 0.15) is 5.54 Å². The van der Waals surface area contributed by atoms with Gasteiger partial charge in [0, 0.05) is 18.6 Å². The van der Waals surface area contributed by atoms with E-state index >= 15 is 0 Å². The van der Waals surface area contributed by atoms with E-state index in [2.05, 4.69) is 21.6 Å². The number of nitrogens with one attached hydrogen (secondary N) is 2. The average Bonchev–Trinajstić information content (AvgIpc) is 3.21. The first-order valence-electron chi connectivity index (χ1n) is 8.32. The summed E-state index contributed by atoms with van der Waals surface area (Å²) >= 11 is 0. The Labute approximate surface area is 127 Å². The first kappa shape index (κ1) is 14.8. The van der Waals surface area contributed by atoms with Crippen molar-refractivity contribution >= 4 is 5.91 Å². The van der Waals surface area contributed by atoms with Crippen LogP contribution in [0.2, 0.25) is 0 Å². The number of nitriles is 1. The number of nitrogens with zero attached hydrogens (tertiary/aromatic N) is 2. The highest BCUT2D eigenvalue weighted by Gasteiger charge is 2.40. The minimum absolute atomic E-state index is 0.200. The topological polar surface area (TPSA) is 68.2 Å². The molecule has 2 N–H and O–H groups in total. The lowest BCUT2D eigenvalue weighted by Gasteiger charge is -2.36. The second kappa shape index (κ2) is 5.94. The molecule has 0 aromatic heterocycles. The Morgan fingerprint density at radius 1 is 1.48 bits per heavy atom. The third kappa shape index (κ3) is 3.38. The number of likely N-dealkylation sites (tertiary alicyclic amines) is 1. The number of carbonyl (C=O) groups excluding carboxylic acids is 1. The lowest BCUT2D eigenvalue weighted by atomic mass is 9.90. The quantitative estimate of drug-likeness (QED) is 0.766. The summed E-state index contributed by atoms with van der Waals surface area (Å²) in [7, 11) is 0. The van der Waals surface area contributed by atoms with Gasteiger partial charge in [-0.05, 0) is 58.5 Å². The summed E-state index contributed by atoms with van der Waals surface area (Å²) in [5.74, 6) is 0.438. The standard InChI is InChI=1S/C16H26N4O/c1-16(11-17,19-12-5-6-12)7-3-9-20-8-2-4-13-14(20)10-18-15(13)21/h12-14,19H,2-10H2,1H3,(H,18,21). The third-order valence-electron chi connectivity index (χ3n) is 5.19. The molecule has 0 bridgehead atoms. The van der Waals surface area contributed by atoms with Gasteiger partial charge in [0.15, 0.2) is 0 Å². The van der Waals surface area contributed by atoms with Gasteiger partial charge in [0.2, 0.25) is 5.91 Å². The van der Waals surface area contributed by atoms with E-state index in [4.69, 9.17) is 0 Å². The van der Waals surface area contributed by atoms with Crippen molar-refractivity contribution in [1.82, 2.24) is 15.5 Å². The number of rotatable bonds is 6. The van der Waals surface area contributed by atoms with Gasteiger partial charge < -0.3 is 5.32 Å². The zero-order valence-corrected chi connectivity index (χ0v) is 12.9. The van der Waals surface area contributed by atoms with Crippen LogP contribution < -0.4 is 10.6 Å². The maximum absolute atomic E-state index is 11.8. The molecule has 5 nitrogen and oxygen atoms in total. The van der Waals surface area contributed by atoms with Crippen molar-refractivity contribution in [3.63, 3.8) is 0 Å². The smallest absolute Gasteiger partial charge is 0.224 e. The van der Waals surface area contributed by atoms with Crippen molar-refractivity contribution in [2.45, 2.75) is 63.1 Å². The highest BCUT2D eigenvalue weighted by Crippen LogP contribution is 2.28. The summed E-state index contributed by atoms with van der Waals surface area (Å²) in [6.45, 7) is 4.92. The molecular weight excluding hydrogens is 264 g/mol. The van der Waals surface area contributed by atoms with Gasteiger partial charge in [0.25, 0.3) is 0 Å². The van der Waals surface area contributed by atoms with E-state index in [1.54, 1.807) is 0 Å². The van der Waals surface area contributed by atoms with Crippen LogP contribution in [0.1, 0.15) is 45.4 Å². The van der Waals surface area contributed by atoms with Gasteiger partial charge in [-0.25, -0.2) is 0 Å². The first-order chi connectivity index (χ1) is 10.1. The number of fused-ring (bicyclic) bond motifs is 1. The lowest BCUT2D eigenvalue weighted by Crippen LogP contribution is -2.47.